The monoisotopic (exact) mass is 490 g/mol. The van der Waals surface area contributed by atoms with Crippen LogP contribution in [0.5, 0.6) is 17.2 Å². The van der Waals surface area contributed by atoms with Crippen LogP contribution in [0.25, 0.3) is 0 Å². The first kappa shape index (κ1) is 26.6. The first-order chi connectivity index (χ1) is 17.5. The minimum absolute atomic E-state index is 0.187. The highest BCUT2D eigenvalue weighted by Gasteiger charge is 2.30. The van der Waals surface area contributed by atoms with Gasteiger partial charge in [-0.25, -0.2) is 0 Å². The lowest BCUT2D eigenvalue weighted by Crippen LogP contribution is -2.51. The maximum absolute atomic E-state index is 13.6. The lowest BCUT2D eigenvalue weighted by Gasteiger charge is -2.31. The summed E-state index contributed by atoms with van der Waals surface area (Å²) in [5, 5.41) is 2.97. The number of rotatable bonds is 13. The third-order valence-electron chi connectivity index (χ3n) is 5.70. The third kappa shape index (κ3) is 7.77. The van der Waals surface area contributed by atoms with Crippen molar-refractivity contribution in [1.82, 2.24) is 10.2 Å². The molecule has 0 aliphatic rings. The van der Waals surface area contributed by atoms with Gasteiger partial charge in [0.1, 0.15) is 23.3 Å². The average molecular weight is 491 g/mol. The summed E-state index contributed by atoms with van der Waals surface area (Å²) in [6, 6.07) is 23.8. The van der Waals surface area contributed by atoms with E-state index in [1.54, 1.807) is 37.3 Å². The molecule has 190 valence electrons. The van der Waals surface area contributed by atoms with E-state index in [0.717, 1.165) is 17.5 Å². The molecule has 0 fully saturated rings. The Hall–Kier alpha value is -4.00. The zero-order chi connectivity index (χ0) is 25.8. The summed E-state index contributed by atoms with van der Waals surface area (Å²) in [7, 11) is 3.10. The van der Waals surface area contributed by atoms with Crippen LogP contribution in [-0.4, -0.2) is 50.1 Å². The van der Waals surface area contributed by atoms with Gasteiger partial charge in [0, 0.05) is 37.7 Å². The zero-order valence-electron chi connectivity index (χ0n) is 21.1. The number of hydrogen-bond acceptors (Lipinski definition) is 5. The predicted molar refractivity (Wildman–Crippen MR) is 139 cm³/mol. The number of nitrogens with one attached hydrogen (secondary N) is 1. The van der Waals surface area contributed by atoms with Crippen LogP contribution in [0.4, 0.5) is 0 Å². The van der Waals surface area contributed by atoms with E-state index >= 15 is 0 Å². The molecule has 36 heavy (non-hydrogen) atoms. The van der Waals surface area contributed by atoms with Crippen LogP contribution in [0, 0.1) is 0 Å². The minimum Gasteiger partial charge on any atom is -0.496 e. The van der Waals surface area contributed by atoms with Crippen LogP contribution < -0.4 is 19.5 Å². The topological polar surface area (TPSA) is 77.1 Å². The summed E-state index contributed by atoms with van der Waals surface area (Å²) in [6.45, 7) is 2.57. The van der Waals surface area contributed by atoms with Crippen molar-refractivity contribution in [2.24, 2.45) is 0 Å². The van der Waals surface area contributed by atoms with Gasteiger partial charge >= 0.3 is 0 Å². The van der Waals surface area contributed by atoms with E-state index in [4.69, 9.17) is 14.2 Å². The molecule has 3 rings (SSSR count). The Morgan fingerprint density at radius 3 is 1.94 bits per heavy atom. The lowest BCUT2D eigenvalue weighted by atomic mass is 10.0. The first-order valence-electron chi connectivity index (χ1n) is 12.0. The molecular weight excluding hydrogens is 456 g/mol. The van der Waals surface area contributed by atoms with Crippen LogP contribution in [0.3, 0.4) is 0 Å². The molecule has 0 saturated carbocycles. The van der Waals surface area contributed by atoms with E-state index in [1.807, 2.05) is 67.6 Å². The van der Waals surface area contributed by atoms with E-state index in [1.165, 1.54) is 0 Å². The Labute approximate surface area is 213 Å². The van der Waals surface area contributed by atoms with E-state index in [-0.39, 0.29) is 25.0 Å². The molecule has 1 N–H and O–H groups in total. The highest BCUT2D eigenvalue weighted by atomic mass is 16.5. The van der Waals surface area contributed by atoms with Gasteiger partial charge in [-0.15, -0.1) is 0 Å². The standard InChI is InChI=1S/C29H34N2O5/c1-4-15-30-29(33)27(16-22-11-7-5-8-12-22)31(20-23-13-9-6-10-14-23)28(32)21-36-26-18-24(34-2)17-25(19-26)35-3/h5-14,17-19,27H,4,15-16,20-21H2,1-3H3,(H,30,33). The maximum Gasteiger partial charge on any atom is 0.261 e. The van der Waals surface area contributed by atoms with Gasteiger partial charge in [0.2, 0.25) is 5.91 Å². The fourth-order valence-corrected chi connectivity index (χ4v) is 3.79. The average Bonchev–Trinajstić information content (AvgIpc) is 2.93. The number of ether oxygens (including phenoxy) is 3. The van der Waals surface area contributed by atoms with Gasteiger partial charge < -0.3 is 24.4 Å². The van der Waals surface area contributed by atoms with Crippen molar-refractivity contribution < 1.29 is 23.8 Å². The molecule has 3 aromatic carbocycles. The SMILES string of the molecule is CCCNC(=O)C(Cc1ccccc1)N(Cc1ccccc1)C(=O)COc1cc(OC)cc(OC)c1. The molecule has 1 atom stereocenters. The second-order valence-electron chi connectivity index (χ2n) is 8.34. The van der Waals surface area contributed by atoms with Gasteiger partial charge in [-0.3, -0.25) is 9.59 Å². The van der Waals surface area contributed by atoms with Crippen LogP contribution in [0.1, 0.15) is 24.5 Å². The van der Waals surface area contributed by atoms with Crippen molar-refractivity contribution >= 4 is 11.8 Å². The molecular formula is C29H34N2O5. The molecule has 0 radical (unpaired) electrons. The Balaban J connectivity index is 1.88. The molecule has 0 spiro atoms. The van der Waals surface area contributed by atoms with Gasteiger partial charge in [0.25, 0.3) is 5.91 Å². The zero-order valence-corrected chi connectivity index (χ0v) is 21.1. The number of methoxy groups -OCH3 is 2. The second kappa shape index (κ2) is 13.8. The molecule has 1 unspecified atom stereocenters. The third-order valence-corrected chi connectivity index (χ3v) is 5.70. The van der Waals surface area contributed by atoms with Crippen molar-refractivity contribution in [3.63, 3.8) is 0 Å². The highest BCUT2D eigenvalue weighted by Crippen LogP contribution is 2.27. The molecule has 7 nitrogen and oxygen atoms in total. The molecule has 2 amide bonds. The number of carbonyl (C=O) groups is 2. The Morgan fingerprint density at radius 1 is 0.833 bits per heavy atom. The van der Waals surface area contributed by atoms with Crippen molar-refractivity contribution in [3.8, 4) is 17.2 Å². The van der Waals surface area contributed by atoms with Crippen LogP contribution in [0.15, 0.2) is 78.9 Å². The summed E-state index contributed by atoms with van der Waals surface area (Å²) in [5.74, 6) is 1.06. The Morgan fingerprint density at radius 2 is 1.39 bits per heavy atom. The molecule has 0 heterocycles. The molecule has 0 aliphatic carbocycles. The molecule has 0 aromatic heterocycles. The molecule has 0 bridgehead atoms. The summed E-state index contributed by atoms with van der Waals surface area (Å²) in [6.07, 6.45) is 1.19. The van der Waals surface area contributed by atoms with Gasteiger partial charge in [0.15, 0.2) is 6.61 Å². The normalized spacial score (nSPS) is 11.3. The van der Waals surface area contributed by atoms with Crippen molar-refractivity contribution in [1.29, 1.82) is 0 Å². The fraction of sp³-hybridized carbons (Fsp3) is 0.310. The van der Waals surface area contributed by atoms with Crippen molar-refractivity contribution in [3.05, 3.63) is 90.0 Å². The number of nitrogens with zero attached hydrogens (tertiary/aromatic N) is 1. The molecule has 0 saturated heterocycles. The minimum atomic E-state index is -0.699. The van der Waals surface area contributed by atoms with Gasteiger partial charge in [-0.2, -0.15) is 0 Å². The Bertz CT molecular complexity index is 1080. The summed E-state index contributed by atoms with van der Waals surface area (Å²) in [4.78, 5) is 28.5. The number of benzene rings is 3. The smallest absolute Gasteiger partial charge is 0.261 e. The summed E-state index contributed by atoms with van der Waals surface area (Å²) < 4.78 is 16.4. The second-order valence-corrected chi connectivity index (χ2v) is 8.34. The van der Waals surface area contributed by atoms with E-state index < -0.39 is 6.04 Å². The molecule has 7 heteroatoms. The van der Waals surface area contributed by atoms with Crippen LogP contribution in [0.2, 0.25) is 0 Å². The van der Waals surface area contributed by atoms with Gasteiger partial charge in [0.05, 0.1) is 14.2 Å². The summed E-state index contributed by atoms with van der Waals surface area (Å²) in [5.41, 5.74) is 1.90. The van der Waals surface area contributed by atoms with E-state index in [9.17, 15) is 9.59 Å². The Kier molecular flexibility index (Phi) is 10.2. The number of carbonyl (C=O) groups excluding carboxylic acids is 2. The van der Waals surface area contributed by atoms with Gasteiger partial charge in [-0.05, 0) is 17.5 Å². The van der Waals surface area contributed by atoms with Crippen LogP contribution >= 0.6 is 0 Å². The largest absolute Gasteiger partial charge is 0.496 e. The van der Waals surface area contributed by atoms with Crippen molar-refractivity contribution in [2.75, 3.05) is 27.4 Å². The van der Waals surface area contributed by atoms with Crippen molar-refractivity contribution in [2.45, 2.75) is 32.4 Å². The predicted octanol–water partition coefficient (Wildman–Crippen LogP) is 4.25. The number of hydrogen-bond donors (Lipinski definition) is 1. The van der Waals surface area contributed by atoms with E-state index in [0.29, 0.717) is 30.2 Å². The highest BCUT2D eigenvalue weighted by molar-refractivity contribution is 5.88. The first-order valence-corrected chi connectivity index (χ1v) is 12.0. The van der Waals surface area contributed by atoms with E-state index in [2.05, 4.69) is 5.32 Å². The van der Waals surface area contributed by atoms with Gasteiger partial charge in [-0.1, -0.05) is 67.6 Å². The van der Waals surface area contributed by atoms with Crippen LogP contribution in [-0.2, 0) is 22.6 Å². The fourth-order valence-electron chi connectivity index (χ4n) is 3.79. The quantitative estimate of drug-likeness (QED) is 0.388. The summed E-state index contributed by atoms with van der Waals surface area (Å²) >= 11 is 0. The lowest BCUT2D eigenvalue weighted by molar-refractivity contribution is -0.142. The molecule has 3 aromatic rings. The molecule has 0 aliphatic heterocycles. The number of amides is 2. The maximum atomic E-state index is 13.6.